The van der Waals surface area contributed by atoms with Crippen LogP contribution in [0.5, 0.6) is 0 Å². The molecule has 0 amide bonds. The van der Waals surface area contributed by atoms with Gasteiger partial charge in [0.25, 0.3) is 0 Å². The second-order valence-electron chi connectivity index (χ2n) is 8.98. The summed E-state index contributed by atoms with van der Waals surface area (Å²) >= 11 is 0. The van der Waals surface area contributed by atoms with Crippen LogP contribution in [0.15, 0.2) is 4.99 Å². The maximum absolute atomic E-state index is 12.0. The molecule has 0 radical (unpaired) electrons. The summed E-state index contributed by atoms with van der Waals surface area (Å²) in [7, 11) is 0. The molecule has 0 aromatic heterocycles. The van der Waals surface area contributed by atoms with E-state index in [-0.39, 0.29) is 29.4 Å². The third kappa shape index (κ3) is 11.0. The molecular formula is C24H47ClN2O3+2. The van der Waals surface area contributed by atoms with Gasteiger partial charge in [-0.3, -0.25) is 0 Å². The summed E-state index contributed by atoms with van der Waals surface area (Å²) in [5, 5.41) is 19.2. The Bertz CT molecular complexity index is 462. The number of rotatable bonds is 19. The fourth-order valence-electron chi connectivity index (χ4n) is 4.73. The number of hydrogen-bond donors (Lipinski definition) is 2. The van der Waals surface area contributed by atoms with Crippen molar-refractivity contribution in [2.24, 2.45) is 10.9 Å². The molecule has 3 atom stereocenters. The topological polar surface area (TPSA) is 69.9 Å². The van der Waals surface area contributed by atoms with Crippen LogP contribution in [0.2, 0.25) is 0 Å². The molecule has 0 aromatic rings. The zero-order valence-electron chi connectivity index (χ0n) is 19.5. The normalized spacial score (nSPS) is 19.8. The summed E-state index contributed by atoms with van der Waals surface area (Å²) in [6.45, 7) is 5.91. The van der Waals surface area contributed by atoms with E-state index < -0.39 is 12.0 Å². The second kappa shape index (κ2) is 17.9. The van der Waals surface area contributed by atoms with Crippen LogP contribution in [-0.2, 0) is 4.79 Å². The fraction of sp³-hybridized carbons (Fsp3) is 0.917. The van der Waals surface area contributed by atoms with E-state index in [0.29, 0.717) is 19.6 Å². The zero-order chi connectivity index (χ0) is 21.4. The van der Waals surface area contributed by atoms with Gasteiger partial charge in [0.2, 0.25) is 6.04 Å². The van der Waals surface area contributed by atoms with Crippen LogP contribution in [-0.4, -0.2) is 59.3 Å². The van der Waals surface area contributed by atoms with Gasteiger partial charge in [-0.15, -0.1) is 12.4 Å². The fourth-order valence-corrected chi connectivity index (χ4v) is 4.73. The van der Waals surface area contributed by atoms with Crippen LogP contribution in [0.25, 0.3) is 0 Å². The van der Waals surface area contributed by atoms with Gasteiger partial charge in [0.05, 0.1) is 6.61 Å². The Morgan fingerprint density at radius 1 is 0.967 bits per heavy atom. The molecule has 0 aliphatic carbocycles. The predicted octanol–water partition coefficient (Wildman–Crippen LogP) is 5.71. The van der Waals surface area contributed by atoms with Gasteiger partial charge in [0.1, 0.15) is 0 Å². The number of quaternary nitrogens is 1. The van der Waals surface area contributed by atoms with E-state index in [1.54, 1.807) is 0 Å². The molecule has 2 N–H and O–H groups in total. The number of aliphatic hydroxyl groups is 1. The molecule has 6 heteroatoms. The lowest BCUT2D eigenvalue weighted by Crippen LogP contribution is -2.60. The van der Waals surface area contributed by atoms with Crippen LogP contribution in [0, 0.1) is 5.92 Å². The minimum atomic E-state index is -0.787. The third-order valence-electron chi connectivity index (χ3n) is 6.47. The quantitative estimate of drug-likeness (QED) is 0.152. The first kappa shape index (κ1) is 29.3. The number of aliphatic carboxylic acids is 1. The second-order valence-corrected chi connectivity index (χ2v) is 8.98. The molecule has 0 aromatic carbocycles. The third-order valence-corrected chi connectivity index (χ3v) is 6.47. The first-order valence-electron chi connectivity index (χ1n) is 12.2. The summed E-state index contributed by atoms with van der Waals surface area (Å²) in [6, 6.07) is -0.550. The van der Waals surface area contributed by atoms with Gasteiger partial charge >= 0.3 is 12.3 Å². The van der Waals surface area contributed by atoms with Crippen molar-refractivity contribution >= 4 is 24.7 Å². The van der Waals surface area contributed by atoms with Crippen molar-refractivity contribution in [3.8, 4) is 0 Å². The van der Waals surface area contributed by atoms with E-state index in [2.05, 4.69) is 18.3 Å². The number of nitrogens with zero attached hydrogens (tertiary/aromatic N) is 2. The van der Waals surface area contributed by atoms with Gasteiger partial charge in [-0.05, 0) is 10.9 Å². The Morgan fingerprint density at radius 3 is 1.87 bits per heavy atom. The lowest BCUT2D eigenvalue weighted by molar-refractivity contribution is -0.850. The van der Waals surface area contributed by atoms with Crippen LogP contribution in [0.1, 0.15) is 104 Å². The number of halogens is 1. The summed E-state index contributed by atoms with van der Waals surface area (Å²) in [5.41, 5.74) is 0. The average Bonchev–Trinajstić information content (AvgIpc) is 3.14. The van der Waals surface area contributed by atoms with Crippen LogP contribution >= 0.6 is 12.4 Å². The van der Waals surface area contributed by atoms with Gasteiger partial charge in [0, 0.05) is 10.9 Å². The van der Waals surface area contributed by atoms with Crippen molar-refractivity contribution in [1.82, 2.24) is 0 Å². The average molecular weight is 447 g/mol. The minimum absolute atomic E-state index is 0. The number of carboxylic acids is 1. The molecule has 0 spiro atoms. The number of carboxylic acid groups (broad SMARTS) is 1. The molecule has 0 fully saturated rings. The van der Waals surface area contributed by atoms with E-state index >= 15 is 0 Å². The summed E-state index contributed by atoms with van der Waals surface area (Å²) in [4.78, 5) is 16.1. The van der Waals surface area contributed by atoms with Gasteiger partial charge in [0.15, 0.2) is 19.6 Å². The van der Waals surface area contributed by atoms with Crippen molar-refractivity contribution in [3.63, 3.8) is 0 Å². The number of hydrogen-bond acceptors (Lipinski definition) is 3. The molecule has 0 saturated carbocycles. The molecule has 0 saturated heterocycles. The van der Waals surface area contributed by atoms with Gasteiger partial charge in [-0.2, -0.15) is 0 Å². The van der Waals surface area contributed by atoms with Gasteiger partial charge in [-0.1, -0.05) is 97.3 Å². The van der Waals surface area contributed by atoms with E-state index in [0.717, 1.165) is 12.8 Å². The highest BCUT2D eigenvalue weighted by atomic mass is 35.5. The summed E-state index contributed by atoms with van der Waals surface area (Å²) < 4.78 is 0.186. The van der Waals surface area contributed by atoms with E-state index in [4.69, 9.17) is 0 Å². The lowest BCUT2D eigenvalue weighted by atomic mass is 9.92. The standard InChI is InChI=1S/C24H45N2O3.ClH/c1-3-4-5-6-7-8-9-10-11-12-13-14-15-16-22(2)23(24(28)29)26(19-20-27)18-17-25-21-26;/h22-23,27H,3-20H2,1-2H3;1H/q+1;/p+1. The highest BCUT2D eigenvalue weighted by molar-refractivity contribution is 5.85. The Kier molecular flexibility index (Phi) is 17.5. The minimum Gasteiger partial charge on any atom is -0.477 e. The summed E-state index contributed by atoms with van der Waals surface area (Å²) in [5.74, 6) is -0.724. The highest BCUT2D eigenvalue weighted by Gasteiger charge is 2.57. The predicted molar refractivity (Wildman–Crippen MR) is 128 cm³/mol. The summed E-state index contributed by atoms with van der Waals surface area (Å²) in [6.07, 6.45) is 21.2. The van der Waals surface area contributed by atoms with Crippen LogP contribution < -0.4 is 0 Å². The molecule has 0 bridgehead atoms. The van der Waals surface area contributed by atoms with Crippen molar-refractivity contribution in [1.29, 1.82) is 0 Å². The number of aliphatic hydroxyl groups excluding tert-OH is 1. The van der Waals surface area contributed by atoms with E-state index in [1.807, 2.05) is 6.92 Å². The lowest BCUT2D eigenvalue weighted by Gasteiger charge is -2.28. The number of unbranched alkanes of at least 4 members (excludes halogenated alkanes) is 12. The SMILES string of the molecule is CCCCCCCCCCCCCCCC(C)C(C(=O)O)[N+]1(CCO)[C+]=NCC1.Cl. The molecular weight excluding hydrogens is 400 g/mol. The molecule has 176 valence electrons. The van der Waals surface area contributed by atoms with Gasteiger partial charge in [-0.25, -0.2) is 4.79 Å². The Labute approximate surface area is 191 Å². The largest absolute Gasteiger partial charge is 0.625 e. The van der Waals surface area contributed by atoms with E-state index in [9.17, 15) is 15.0 Å². The Balaban J connectivity index is 0.00000841. The first-order chi connectivity index (χ1) is 14.1. The smallest absolute Gasteiger partial charge is 0.477 e. The van der Waals surface area contributed by atoms with Crippen molar-refractivity contribution in [2.45, 2.75) is 110 Å². The Hall–Kier alpha value is -0.740. The zero-order valence-corrected chi connectivity index (χ0v) is 20.3. The highest BCUT2D eigenvalue weighted by Crippen LogP contribution is 2.26. The van der Waals surface area contributed by atoms with Crippen LogP contribution in [0.4, 0.5) is 0 Å². The monoisotopic (exact) mass is 446 g/mol. The maximum Gasteiger partial charge on any atom is 0.625 e. The maximum atomic E-state index is 12.0. The van der Waals surface area contributed by atoms with Crippen molar-refractivity contribution < 1.29 is 19.5 Å². The molecule has 1 aliphatic heterocycles. The molecule has 3 unspecified atom stereocenters. The van der Waals surface area contributed by atoms with Crippen LogP contribution in [0.3, 0.4) is 0 Å². The van der Waals surface area contributed by atoms with Crippen molar-refractivity contribution in [2.75, 3.05) is 26.2 Å². The molecule has 5 nitrogen and oxygen atoms in total. The Morgan fingerprint density at radius 2 is 1.47 bits per heavy atom. The molecule has 1 rings (SSSR count). The van der Waals surface area contributed by atoms with Crippen molar-refractivity contribution in [3.05, 3.63) is 0 Å². The number of aliphatic imine (C=N–C) groups is 1. The molecule has 1 aliphatic rings. The van der Waals surface area contributed by atoms with Gasteiger partial charge < -0.3 is 10.2 Å². The first-order valence-corrected chi connectivity index (χ1v) is 12.2. The molecule has 1 heterocycles. The number of carbonyl (C=O) groups is 1. The molecule has 30 heavy (non-hydrogen) atoms. The van der Waals surface area contributed by atoms with E-state index in [1.165, 1.54) is 77.0 Å².